The highest BCUT2D eigenvalue weighted by Gasteiger charge is 2.34. The third-order valence-corrected chi connectivity index (χ3v) is 4.32. The van der Waals surface area contributed by atoms with E-state index in [0.717, 1.165) is 17.3 Å². The number of rotatable bonds is 6. The molecule has 0 radical (unpaired) electrons. The smallest absolute Gasteiger partial charge is 0.0432 e. The Balaban J connectivity index is 2.90. The van der Waals surface area contributed by atoms with Crippen LogP contribution in [0.4, 0.5) is 0 Å². The van der Waals surface area contributed by atoms with Crippen molar-refractivity contribution in [3.8, 4) is 0 Å². The summed E-state index contributed by atoms with van der Waals surface area (Å²) in [5, 5.41) is 0. The molecule has 0 aromatic carbocycles. The van der Waals surface area contributed by atoms with Gasteiger partial charge in [0.1, 0.15) is 0 Å². The number of nitrogens with zero attached hydrogens (tertiary/aromatic N) is 2. The minimum atomic E-state index is 0.0110. The van der Waals surface area contributed by atoms with Gasteiger partial charge in [0.15, 0.2) is 0 Å². The second-order valence-corrected chi connectivity index (χ2v) is 5.96. The van der Waals surface area contributed by atoms with Gasteiger partial charge in [-0.15, -0.1) is 0 Å². The Labute approximate surface area is 118 Å². The summed E-state index contributed by atoms with van der Waals surface area (Å²) in [6, 6.07) is 2.26. The molecule has 1 aromatic heterocycles. The molecule has 0 spiro atoms. The molecular formula is C13H23BrN4. The number of hydrazine groups is 1. The maximum atomic E-state index is 5.75. The quantitative estimate of drug-likeness (QED) is 0.622. The highest BCUT2D eigenvalue weighted by Crippen LogP contribution is 2.24. The molecule has 1 rings (SSSR count). The van der Waals surface area contributed by atoms with Crippen LogP contribution < -0.4 is 11.3 Å². The molecule has 2 atom stereocenters. The van der Waals surface area contributed by atoms with E-state index >= 15 is 0 Å². The van der Waals surface area contributed by atoms with Crippen molar-refractivity contribution < 1.29 is 0 Å². The van der Waals surface area contributed by atoms with Gasteiger partial charge >= 0.3 is 0 Å². The second-order valence-electron chi connectivity index (χ2n) is 5.04. The van der Waals surface area contributed by atoms with Gasteiger partial charge in [-0.1, -0.05) is 6.92 Å². The maximum absolute atomic E-state index is 5.75. The minimum Gasteiger partial charge on any atom is -0.302 e. The first-order valence-electron chi connectivity index (χ1n) is 6.17. The first-order chi connectivity index (χ1) is 8.43. The number of nitrogens with one attached hydrogen (secondary N) is 1. The molecule has 4 nitrogen and oxygen atoms in total. The zero-order chi connectivity index (χ0) is 13.8. The lowest BCUT2D eigenvalue weighted by Gasteiger charge is -2.42. The summed E-state index contributed by atoms with van der Waals surface area (Å²) in [4.78, 5) is 6.42. The molecule has 3 N–H and O–H groups in total. The Morgan fingerprint density at radius 1 is 1.50 bits per heavy atom. The number of halogens is 1. The normalized spacial score (nSPS) is 16.6. The third-order valence-electron chi connectivity index (χ3n) is 3.89. The predicted octanol–water partition coefficient (Wildman–Crippen LogP) is 1.95. The molecule has 102 valence electrons. The van der Waals surface area contributed by atoms with Crippen molar-refractivity contribution in [1.82, 2.24) is 15.3 Å². The average Bonchev–Trinajstić information content (AvgIpc) is 2.34. The van der Waals surface area contributed by atoms with Crippen molar-refractivity contribution in [3.63, 3.8) is 0 Å². The lowest BCUT2D eigenvalue weighted by molar-refractivity contribution is 0.112. The summed E-state index contributed by atoms with van der Waals surface area (Å²) in [7, 11) is 4.18. The third kappa shape index (κ3) is 3.51. The number of pyridine rings is 1. The Bertz CT molecular complexity index is 383. The van der Waals surface area contributed by atoms with E-state index in [1.807, 2.05) is 6.20 Å². The second kappa shape index (κ2) is 6.61. The number of hydrogen-bond acceptors (Lipinski definition) is 4. The van der Waals surface area contributed by atoms with E-state index in [-0.39, 0.29) is 11.6 Å². The van der Waals surface area contributed by atoms with Crippen LogP contribution in [-0.2, 0) is 6.42 Å². The molecule has 0 aliphatic rings. The largest absolute Gasteiger partial charge is 0.302 e. The van der Waals surface area contributed by atoms with Gasteiger partial charge in [0.25, 0.3) is 0 Å². The molecule has 1 heterocycles. The van der Waals surface area contributed by atoms with E-state index in [0.29, 0.717) is 0 Å². The van der Waals surface area contributed by atoms with Gasteiger partial charge in [-0.25, -0.2) is 0 Å². The van der Waals surface area contributed by atoms with Gasteiger partial charge in [0.2, 0.25) is 0 Å². The highest BCUT2D eigenvalue weighted by atomic mass is 79.9. The molecule has 5 heteroatoms. The van der Waals surface area contributed by atoms with E-state index in [1.54, 1.807) is 6.20 Å². The Morgan fingerprint density at radius 2 is 2.17 bits per heavy atom. The monoisotopic (exact) mass is 314 g/mol. The van der Waals surface area contributed by atoms with Crippen molar-refractivity contribution in [2.45, 2.75) is 38.3 Å². The average molecular weight is 315 g/mol. The molecule has 2 unspecified atom stereocenters. The molecule has 0 saturated heterocycles. The molecule has 0 saturated carbocycles. The van der Waals surface area contributed by atoms with E-state index in [9.17, 15) is 0 Å². The molecular weight excluding hydrogens is 292 g/mol. The standard InChI is InChI=1S/C13H23BrN4/c1-5-13(2,18(3)4)12(17-15)7-10-6-11(14)9-16-8-10/h6,8-9,12,17H,5,7,15H2,1-4H3. The molecule has 0 fully saturated rings. The maximum Gasteiger partial charge on any atom is 0.0432 e. The number of aromatic nitrogens is 1. The summed E-state index contributed by atoms with van der Waals surface area (Å²) in [5.74, 6) is 5.75. The lowest BCUT2D eigenvalue weighted by Crippen LogP contribution is -2.59. The summed E-state index contributed by atoms with van der Waals surface area (Å²) >= 11 is 3.45. The zero-order valence-corrected chi connectivity index (χ0v) is 13.2. The highest BCUT2D eigenvalue weighted by molar-refractivity contribution is 9.10. The van der Waals surface area contributed by atoms with Crippen molar-refractivity contribution in [1.29, 1.82) is 0 Å². The molecule has 0 aliphatic carbocycles. The van der Waals surface area contributed by atoms with Crippen LogP contribution in [0.15, 0.2) is 22.9 Å². The fourth-order valence-corrected chi connectivity index (χ4v) is 2.55. The first kappa shape index (κ1) is 15.6. The minimum absolute atomic E-state index is 0.0110. The van der Waals surface area contributed by atoms with Crippen LogP contribution in [0, 0.1) is 0 Å². The van der Waals surface area contributed by atoms with Crippen LogP contribution in [0.5, 0.6) is 0 Å². The van der Waals surface area contributed by atoms with Crippen LogP contribution >= 0.6 is 15.9 Å². The fourth-order valence-electron chi connectivity index (χ4n) is 2.14. The van der Waals surface area contributed by atoms with E-state index in [1.165, 1.54) is 5.56 Å². The lowest BCUT2D eigenvalue weighted by atomic mass is 9.85. The Kier molecular flexibility index (Phi) is 5.72. The van der Waals surface area contributed by atoms with Crippen molar-refractivity contribution >= 4 is 15.9 Å². The summed E-state index contributed by atoms with van der Waals surface area (Å²) in [6.45, 7) is 4.41. The van der Waals surface area contributed by atoms with Crippen LogP contribution in [0.1, 0.15) is 25.8 Å². The molecule has 0 amide bonds. The van der Waals surface area contributed by atoms with Gasteiger partial charge in [0.05, 0.1) is 0 Å². The van der Waals surface area contributed by atoms with Crippen molar-refractivity contribution in [2.24, 2.45) is 5.84 Å². The Morgan fingerprint density at radius 3 is 2.61 bits per heavy atom. The summed E-state index contributed by atoms with van der Waals surface area (Å²) < 4.78 is 0.999. The Hall–Kier alpha value is -0.490. The summed E-state index contributed by atoms with van der Waals surface area (Å²) in [6.07, 6.45) is 5.56. The van der Waals surface area contributed by atoms with Crippen LogP contribution in [0.25, 0.3) is 0 Å². The predicted molar refractivity (Wildman–Crippen MR) is 79.1 cm³/mol. The van der Waals surface area contributed by atoms with Gasteiger partial charge in [0, 0.05) is 28.4 Å². The fraction of sp³-hybridized carbons (Fsp3) is 0.615. The van der Waals surface area contributed by atoms with Crippen molar-refractivity contribution in [3.05, 3.63) is 28.5 Å². The summed E-state index contributed by atoms with van der Waals surface area (Å²) in [5.41, 5.74) is 4.14. The topological polar surface area (TPSA) is 54.2 Å². The van der Waals surface area contributed by atoms with E-state index < -0.39 is 0 Å². The first-order valence-corrected chi connectivity index (χ1v) is 6.96. The van der Waals surface area contributed by atoms with Crippen molar-refractivity contribution in [2.75, 3.05) is 14.1 Å². The number of hydrogen-bond donors (Lipinski definition) is 2. The van der Waals surface area contributed by atoms with Gasteiger partial charge in [-0.2, -0.15) is 0 Å². The zero-order valence-electron chi connectivity index (χ0n) is 11.6. The van der Waals surface area contributed by atoms with Gasteiger partial charge in [-0.3, -0.25) is 16.3 Å². The van der Waals surface area contributed by atoms with Crippen LogP contribution in [0.2, 0.25) is 0 Å². The van der Waals surface area contributed by atoms with E-state index in [4.69, 9.17) is 5.84 Å². The molecule has 0 bridgehead atoms. The van der Waals surface area contributed by atoms with E-state index in [2.05, 4.69) is 65.2 Å². The SMILES string of the molecule is CCC(C)(C(Cc1cncc(Br)c1)NN)N(C)C. The van der Waals surface area contributed by atoms with Gasteiger partial charge < -0.3 is 4.90 Å². The van der Waals surface area contributed by atoms with Crippen LogP contribution in [-0.4, -0.2) is 35.6 Å². The molecule has 1 aromatic rings. The molecule has 18 heavy (non-hydrogen) atoms. The molecule has 0 aliphatic heterocycles. The number of nitrogens with two attached hydrogens (primary N) is 1. The van der Waals surface area contributed by atoms with Crippen LogP contribution in [0.3, 0.4) is 0 Å². The number of likely N-dealkylation sites (N-methyl/N-ethyl adjacent to an activating group) is 1. The van der Waals surface area contributed by atoms with Gasteiger partial charge in [-0.05, 0) is 61.4 Å².